The molecule has 0 unspecified atom stereocenters. The van der Waals surface area contributed by atoms with Crippen LogP contribution in [0.3, 0.4) is 0 Å². The molecule has 0 aliphatic heterocycles. The second-order valence-electron chi connectivity index (χ2n) is 21.2. The summed E-state index contributed by atoms with van der Waals surface area (Å²) in [6.45, 7) is 0. The van der Waals surface area contributed by atoms with Gasteiger partial charge in [0.2, 0.25) is 5.95 Å². The summed E-state index contributed by atoms with van der Waals surface area (Å²) in [7, 11) is 0. The van der Waals surface area contributed by atoms with Gasteiger partial charge in [0.15, 0.2) is 0 Å². The number of benzene rings is 12. The maximum Gasteiger partial charge on any atom is 0.235 e. The molecule has 0 spiro atoms. The number of hydrogen-bond acceptors (Lipinski definition) is 4. The molecule has 6 nitrogen and oxygen atoms in total. The molecule has 0 aliphatic carbocycles. The van der Waals surface area contributed by atoms with Crippen molar-refractivity contribution in [3.05, 3.63) is 279 Å². The fraction of sp³-hybridized carbons (Fsp3) is 0. The van der Waals surface area contributed by atoms with Crippen LogP contribution < -0.4 is 0 Å². The van der Waals surface area contributed by atoms with E-state index in [1.807, 2.05) is 36.4 Å². The Kier molecular flexibility index (Phi) is 10.2. The van der Waals surface area contributed by atoms with Crippen LogP contribution in [0.1, 0.15) is 0 Å². The van der Waals surface area contributed by atoms with Crippen LogP contribution in [0.5, 0.6) is 0 Å². The van der Waals surface area contributed by atoms with E-state index in [1.54, 1.807) is 0 Å². The molecule has 6 heteroatoms. The van der Waals surface area contributed by atoms with Gasteiger partial charge in [0.25, 0.3) is 0 Å². The van der Waals surface area contributed by atoms with Gasteiger partial charge in [-0.15, -0.1) is 0 Å². The minimum Gasteiger partial charge on any atom is -0.455 e. The molecule has 12 aromatic carbocycles. The first-order valence-corrected chi connectivity index (χ1v) is 27.8. The highest BCUT2D eigenvalue weighted by Gasteiger charge is 2.21. The lowest BCUT2D eigenvalue weighted by molar-refractivity contribution is 0.669. The molecule has 0 amide bonds. The van der Waals surface area contributed by atoms with E-state index in [1.165, 1.54) is 10.8 Å². The van der Waals surface area contributed by atoms with Crippen molar-refractivity contribution in [1.82, 2.24) is 19.1 Å². The molecule has 0 saturated carbocycles. The van der Waals surface area contributed by atoms with Crippen molar-refractivity contribution in [1.29, 1.82) is 0 Å². The van der Waals surface area contributed by atoms with Crippen molar-refractivity contribution in [2.45, 2.75) is 0 Å². The molecule has 0 fully saturated rings. The van der Waals surface area contributed by atoms with E-state index in [4.69, 9.17) is 18.8 Å². The van der Waals surface area contributed by atoms with E-state index in [2.05, 4.69) is 252 Å². The zero-order valence-electron chi connectivity index (χ0n) is 44.2. The Morgan fingerprint density at radius 2 is 0.634 bits per heavy atom. The number of furan rings is 2. The zero-order chi connectivity index (χ0) is 53.8. The lowest BCUT2D eigenvalue weighted by Crippen LogP contribution is -2.03. The first-order chi connectivity index (χ1) is 40.6. The van der Waals surface area contributed by atoms with Crippen LogP contribution >= 0.6 is 0 Å². The van der Waals surface area contributed by atoms with Crippen LogP contribution in [-0.4, -0.2) is 19.1 Å². The molecule has 82 heavy (non-hydrogen) atoms. The molecule has 0 bridgehead atoms. The molecule has 0 atom stereocenters. The number of hydrogen-bond donors (Lipinski definition) is 0. The molecule has 0 N–H and O–H groups in total. The number of nitrogens with zero attached hydrogens (tertiary/aromatic N) is 4. The number of aromatic nitrogens is 4. The summed E-state index contributed by atoms with van der Waals surface area (Å²) in [5.41, 5.74) is 21.7. The summed E-state index contributed by atoms with van der Waals surface area (Å²) < 4.78 is 17.6. The Bertz CT molecular complexity index is 5320. The zero-order valence-corrected chi connectivity index (χ0v) is 44.2. The maximum atomic E-state index is 6.50. The Morgan fingerprint density at radius 1 is 0.244 bits per heavy atom. The standard InChI is InChI=1S/C76H46N4O2/c1-3-15-50(16-4-1)66-46-67(51-17-5-2-6-18-51)78-76(77-66)80-68-26-10-7-19-58(68)63-44-53(37-42-71(63)80)54-36-41-70-65(45-54)64-43-52(47-29-31-48(32-30-47)56-22-13-24-61-59-20-8-11-27-72(59)81-74(56)61)35-40-69(64)79(70)55-38-33-49(34-39-55)57-23-14-25-62-60-21-9-12-28-73(60)82-75(57)62/h1-46H. The van der Waals surface area contributed by atoms with Crippen LogP contribution in [-0.2, 0) is 0 Å². The summed E-state index contributed by atoms with van der Waals surface area (Å²) in [4.78, 5) is 10.6. The highest BCUT2D eigenvalue weighted by atomic mass is 16.3. The fourth-order valence-corrected chi connectivity index (χ4v) is 12.7. The Hall–Kier alpha value is -11.1. The smallest absolute Gasteiger partial charge is 0.235 e. The SMILES string of the molecule is c1ccc(-c2cc(-c3ccccc3)nc(-n3c4ccccc4c4cc(-c5ccc6c(c5)c5cc(-c7ccc(-c8cccc9c8oc8ccccc89)cc7)ccc5n6-c5ccc(-c6cccc7c6oc6ccccc67)cc5)ccc43)n2)cc1. The Labute approximate surface area is 470 Å². The fourth-order valence-electron chi connectivity index (χ4n) is 12.7. The van der Waals surface area contributed by atoms with Gasteiger partial charge in [0, 0.05) is 71.0 Å². The molecule has 5 heterocycles. The molecule has 0 aliphatic rings. The van der Waals surface area contributed by atoms with Gasteiger partial charge in [-0.2, -0.15) is 0 Å². The molecule has 5 aromatic heterocycles. The highest BCUT2D eigenvalue weighted by molar-refractivity contribution is 6.14. The van der Waals surface area contributed by atoms with Gasteiger partial charge in [0.1, 0.15) is 22.3 Å². The molecular formula is C76H46N4O2. The van der Waals surface area contributed by atoms with Gasteiger partial charge >= 0.3 is 0 Å². The van der Waals surface area contributed by atoms with Crippen LogP contribution in [0.15, 0.2) is 288 Å². The number of fused-ring (bicyclic) bond motifs is 12. The lowest BCUT2D eigenvalue weighted by Gasteiger charge is -2.12. The van der Waals surface area contributed by atoms with Crippen LogP contribution in [0, 0.1) is 0 Å². The summed E-state index contributed by atoms with van der Waals surface area (Å²) in [5.74, 6) is 0.627. The Balaban J connectivity index is 0.807. The van der Waals surface area contributed by atoms with Crippen molar-refractivity contribution < 1.29 is 8.83 Å². The average Bonchev–Trinajstić information content (AvgIpc) is 4.51. The van der Waals surface area contributed by atoms with Gasteiger partial charge < -0.3 is 13.4 Å². The van der Waals surface area contributed by atoms with Crippen LogP contribution in [0.2, 0.25) is 0 Å². The third-order valence-electron chi connectivity index (χ3n) is 16.6. The molecular weight excluding hydrogens is 1000 g/mol. The van der Waals surface area contributed by atoms with Crippen molar-refractivity contribution in [2.24, 2.45) is 0 Å². The quantitative estimate of drug-likeness (QED) is 0.152. The largest absolute Gasteiger partial charge is 0.455 e. The third kappa shape index (κ3) is 7.28. The summed E-state index contributed by atoms with van der Waals surface area (Å²) >= 11 is 0. The van der Waals surface area contributed by atoms with Crippen molar-refractivity contribution in [3.8, 4) is 78.7 Å². The first kappa shape index (κ1) is 45.9. The van der Waals surface area contributed by atoms with E-state index in [0.717, 1.165) is 149 Å². The second-order valence-corrected chi connectivity index (χ2v) is 21.2. The van der Waals surface area contributed by atoms with Crippen molar-refractivity contribution >= 4 is 87.5 Å². The van der Waals surface area contributed by atoms with E-state index in [0.29, 0.717) is 5.95 Å². The summed E-state index contributed by atoms with van der Waals surface area (Å²) in [5, 5.41) is 9.10. The number of rotatable bonds is 8. The molecule has 17 aromatic rings. The van der Waals surface area contributed by atoms with E-state index >= 15 is 0 Å². The van der Waals surface area contributed by atoms with Crippen LogP contribution in [0.4, 0.5) is 0 Å². The third-order valence-corrected chi connectivity index (χ3v) is 16.6. The minimum atomic E-state index is 0.627. The molecule has 0 radical (unpaired) electrons. The van der Waals surface area contributed by atoms with Gasteiger partial charge in [0.05, 0.1) is 33.5 Å². The highest BCUT2D eigenvalue weighted by Crippen LogP contribution is 2.43. The van der Waals surface area contributed by atoms with Gasteiger partial charge in [-0.3, -0.25) is 4.57 Å². The van der Waals surface area contributed by atoms with E-state index in [9.17, 15) is 0 Å². The van der Waals surface area contributed by atoms with Crippen molar-refractivity contribution in [2.75, 3.05) is 0 Å². The second kappa shape index (κ2) is 18.2. The predicted molar refractivity (Wildman–Crippen MR) is 338 cm³/mol. The maximum absolute atomic E-state index is 6.50. The van der Waals surface area contributed by atoms with Gasteiger partial charge in [-0.1, -0.05) is 206 Å². The Morgan fingerprint density at radius 3 is 1.17 bits per heavy atom. The molecule has 17 rings (SSSR count). The lowest BCUT2D eigenvalue weighted by atomic mass is 9.97. The number of para-hydroxylation sites is 5. The first-order valence-electron chi connectivity index (χ1n) is 27.8. The predicted octanol–water partition coefficient (Wildman–Crippen LogP) is 20.5. The van der Waals surface area contributed by atoms with Gasteiger partial charge in [-0.05, 0) is 106 Å². The molecule has 0 saturated heterocycles. The van der Waals surface area contributed by atoms with E-state index < -0.39 is 0 Å². The average molecular weight is 1050 g/mol. The summed E-state index contributed by atoms with van der Waals surface area (Å²) in [6, 6.07) is 99.4. The van der Waals surface area contributed by atoms with Gasteiger partial charge in [-0.25, -0.2) is 9.97 Å². The van der Waals surface area contributed by atoms with Crippen molar-refractivity contribution in [3.63, 3.8) is 0 Å². The topological polar surface area (TPSA) is 61.9 Å². The van der Waals surface area contributed by atoms with E-state index in [-0.39, 0.29) is 0 Å². The van der Waals surface area contributed by atoms with Crippen LogP contribution in [0.25, 0.3) is 166 Å². The molecule has 382 valence electrons. The summed E-state index contributed by atoms with van der Waals surface area (Å²) in [6.07, 6.45) is 0. The normalized spacial score (nSPS) is 11.9. The minimum absolute atomic E-state index is 0.627. The monoisotopic (exact) mass is 1050 g/mol.